The van der Waals surface area contributed by atoms with E-state index in [0.29, 0.717) is 29.1 Å². The number of halogens is 1. The normalized spacial score (nSPS) is 13.6. The van der Waals surface area contributed by atoms with E-state index in [9.17, 15) is 0 Å². The predicted molar refractivity (Wildman–Crippen MR) is 459 cm³/mol. The molecule has 0 saturated carbocycles. The standard InChI is InChI=1S/C45H25N3OS.C30H25BO2S.C21H12ClN3O/c1-2-11-26(12-3-1)43-46-44(48-45(47-43)35-17-10-19-37-40(35)32-15-6-8-18-36(32)49-37)28-22-23-29-27(25-28)21-24-34-39(29)30-13-4-5-14-31(30)41-33-16-7-9-20-38(33)50-42(34)41;1-29(2)30(3,4)33-31(32-29)19-14-16-20-18(17-19)13-15-24-26(20)21-9-5-6-10-22(21)27-23-11-7-8-12-25(23)34-28(24)27;22-21-24-19(13-7-2-1-3-8-13)23-20(25-21)15-10-6-12-17-18(15)14-9-4-5-11-16(14)26-17/h1-25H;5-17H,1-4H3;1-12H. The second kappa shape index (κ2) is 25.8. The third kappa shape index (κ3) is 10.8. The van der Waals surface area contributed by atoms with Gasteiger partial charge in [-0.25, -0.2) is 19.9 Å². The number of para-hydroxylation sites is 2. The summed E-state index contributed by atoms with van der Waals surface area (Å²) in [6.07, 6.45) is 0. The summed E-state index contributed by atoms with van der Waals surface area (Å²) in [5.74, 6) is 2.95. The van der Waals surface area contributed by atoms with E-state index in [1.54, 1.807) is 0 Å². The molecule has 23 rings (SSSR count). The Hall–Kier alpha value is -12.6. The first-order valence-corrected chi connectivity index (χ1v) is 38.8. The maximum atomic E-state index is 6.33. The smallest absolute Gasteiger partial charge is 0.456 e. The third-order valence-corrected chi connectivity index (χ3v) is 24.6. The summed E-state index contributed by atoms with van der Waals surface area (Å²) in [4.78, 5) is 28.6. The zero-order valence-corrected chi connectivity index (χ0v) is 62.3. The molecule has 0 radical (unpaired) electrons. The lowest BCUT2D eigenvalue weighted by molar-refractivity contribution is 0.00578. The van der Waals surface area contributed by atoms with Gasteiger partial charge in [-0.1, -0.05) is 261 Å². The fourth-order valence-electron chi connectivity index (χ4n) is 16.2. The van der Waals surface area contributed by atoms with Gasteiger partial charge in [0.25, 0.3) is 0 Å². The zero-order valence-electron chi connectivity index (χ0n) is 60.0. The number of hydrogen-bond acceptors (Lipinski definition) is 12. The topological polar surface area (TPSA) is 122 Å². The van der Waals surface area contributed by atoms with Gasteiger partial charge in [-0.15, -0.1) is 22.7 Å². The Balaban J connectivity index is 0.000000111. The molecule has 1 fully saturated rings. The van der Waals surface area contributed by atoms with Gasteiger partial charge in [0, 0.05) is 100 Å². The first kappa shape index (κ1) is 65.7. The van der Waals surface area contributed by atoms with Gasteiger partial charge in [0.1, 0.15) is 22.3 Å². The molecule has 522 valence electrons. The van der Waals surface area contributed by atoms with Crippen LogP contribution >= 0.6 is 34.3 Å². The maximum absolute atomic E-state index is 6.33. The quantitative estimate of drug-likeness (QED) is 0.117. The van der Waals surface area contributed by atoms with Crippen molar-refractivity contribution in [1.82, 2.24) is 29.9 Å². The highest BCUT2D eigenvalue weighted by Crippen LogP contribution is 2.49. The number of rotatable bonds is 6. The number of thiophene rings is 2. The van der Waals surface area contributed by atoms with Gasteiger partial charge in [-0.05, 0) is 141 Å². The molecule has 16 aromatic carbocycles. The Labute approximate surface area is 643 Å². The number of benzene rings is 16. The summed E-state index contributed by atoms with van der Waals surface area (Å²) >= 11 is 9.99. The van der Waals surface area contributed by atoms with E-state index in [1.807, 2.05) is 156 Å². The Morgan fingerprint density at radius 1 is 0.282 bits per heavy atom. The molecule has 1 aliphatic heterocycles. The van der Waals surface area contributed by atoms with E-state index in [2.05, 4.69) is 213 Å². The lowest BCUT2D eigenvalue weighted by Gasteiger charge is -2.32. The Kier molecular flexibility index (Phi) is 15.4. The second-order valence-electron chi connectivity index (χ2n) is 29.0. The molecule has 1 saturated heterocycles. The van der Waals surface area contributed by atoms with E-state index in [4.69, 9.17) is 44.7 Å². The maximum Gasteiger partial charge on any atom is 0.494 e. The predicted octanol–water partition coefficient (Wildman–Crippen LogP) is 26.2. The van der Waals surface area contributed by atoms with Crippen LogP contribution in [0.2, 0.25) is 5.28 Å². The molecule has 0 amide bonds. The molecule has 0 unspecified atom stereocenters. The summed E-state index contributed by atoms with van der Waals surface area (Å²) in [5, 5.41) is 24.8. The van der Waals surface area contributed by atoms with Crippen LogP contribution in [0, 0.1) is 0 Å². The molecule has 0 N–H and O–H groups in total. The summed E-state index contributed by atoms with van der Waals surface area (Å²) in [5.41, 5.74) is 8.20. The number of nitrogens with zero attached hydrogens (tertiary/aromatic N) is 6. The number of furan rings is 2. The van der Waals surface area contributed by atoms with Crippen LogP contribution in [-0.2, 0) is 9.31 Å². The van der Waals surface area contributed by atoms with Crippen molar-refractivity contribution in [3.8, 4) is 56.9 Å². The monoisotopic (exact) mass is 1470 g/mol. The SMILES string of the molecule is CC1(C)OB(c2ccc3c(ccc4c5sc6ccccc6c5c5ccccc5c34)c2)OC1(C)C.Clc1nc(-c2ccccc2)nc(-c2cccc3oc4ccccc4c23)n1.c1ccc(-c2nc(-c3ccc4c(ccc5c6sc7ccccc7c6c6ccccc6c45)c3)nc(-c3cccc4oc5ccccc5c34)n2)cc1. The molecule has 1 aliphatic rings. The van der Waals surface area contributed by atoms with E-state index in [-0.39, 0.29) is 23.6 Å². The molecule has 0 spiro atoms. The van der Waals surface area contributed by atoms with Gasteiger partial charge in [-0.2, -0.15) is 9.97 Å². The van der Waals surface area contributed by atoms with Crippen molar-refractivity contribution in [2.24, 2.45) is 0 Å². The van der Waals surface area contributed by atoms with Crippen LogP contribution < -0.4 is 5.46 Å². The van der Waals surface area contributed by atoms with E-state index in [0.717, 1.165) is 82.5 Å². The molecule has 110 heavy (non-hydrogen) atoms. The van der Waals surface area contributed by atoms with Gasteiger partial charge in [0.05, 0.1) is 11.2 Å². The van der Waals surface area contributed by atoms with Crippen LogP contribution in [0.4, 0.5) is 0 Å². The van der Waals surface area contributed by atoms with Crippen molar-refractivity contribution < 1.29 is 18.1 Å². The fraction of sp³-hybridized carbons (Fsp3) is 0.0625. The van der Waals surface area contributed by atoms with Crippen LogP contribution in [0.15, 0.2) is 312 Å². The van der Waals surface area contributed by atoms with Crippen LogP contribution in [0.1, 0.15) is 27.7 Å². The average Bonchev–Trinajstić information content (AvgIpc) is 1.44. The van der Waals surface area contributed by atoms with Gasteiger partial charge >= 0.3 is 7.12 Å². The highest BCUT2D eigenvalue weighted by Gasteiger charge is 2.51. The number of fused-ring (bicyclic) bond motifs is 26. The van der Waals surface area contributed by atoms with E-state index in [1.165, 1.54) is 99.6 Å². The van der Waals surface area contributed by atoms with Gasteiger partial charge in [-0.3, -0.25) is 0 Å². The average molecular weight is 1470 g/mol. The molecule has 7 heterocycles. The van der Waals surface area contributed by atoms with Gasteiger partial charge in [0.2, 0.25) is 5.28 Å². The first-order chi connectivity index (χ1) is 53.9. The minimum absolute atomic E-state index is 0.165. The molecule has 0 atom stereocenters. The number of aromatic nitrogens is 6. The molecular weight excluding hydrogens is 1410 g/mol. The van der Waals surface area contributed by atoms with Crippen molar-refractivity contribution >= 4 is 196 Å². The molecule has 0 bridgehead atoms. The molecule has 22 aromatic rings. The lowest BCUT2D eigenvalue weighted by Crippen LogP contribution is -2.41. The summed E-state index contributed by atoms with van der Waals surface area (Å²) in [6.45, 7) is 8.40. The first-order valence-electron chi connectivity index (χ1n) is 36.7. The van der Waals surface area contributed by atoms with Gasteiger partial charge in [0.15, 0.2) is 29.1 Å². The van der Waals surface area contributed by atoms with Crippen LogP contribution in [-0.4, -0.2) is 48.2 Å². The van der Waals surface area contributed by atoms with E-state index < -0.39 is 0 Å². The molecule has 0 aliphatic carbocycles. The van der Waals surface area contributed by atoms with Crippen LogP contribution in [0.25, 0.3) is 206 Å². The van der Waals surface area contributed by atoms with E-state index >= 15 is 0 Å². The second-order valence-corrected chi connectivity index (χ2v) is 31.5. The summed E-state index contributed by atoms with van der Waals surface area (Å²) in [6, 6.07) is 105. The minimum Gasteiger partial charge on any atom is -0.456 e. The molecular formula is C96H62BClN6O4S2. The van der Waals surface area contributed by atoms with Crippen molar-refractivity contribution in [3.05, 3.63) is 309 Å². The highest BCUT2D eigenvalue weighted by molar-refractivity contribution is 7.27. The third-order valence-electron chi connectivity index (χ3n) is 22.1. The lowest BCUT2D eigenvalue weighted by atomic mass is 9.78. The van der Waals surface area contributed by atoms with Crippen LogP contribution in [0.5, 0.6) is 0 Å². The summed E-state index contributed by atoms with van der Waals surface area (Å²) < 4.78 is 30.2. The molecule has 6 aromatic heterocycles. The van der Waals surface area contributed by atoms with Crippen molar-refractivity contribution in [2.75, 3.05) is 0 Å². The largest absolute Gasteiger partial charge is 0.494 e. The molecule has 14 heteroatoms. The summed E-state index contributed by atoms with van der Waals surface area (Å²) in [7, 11) is -0.355. The fourth-order valence-corrected chi connectivity index (χ4v) is 18.9. The number of hydrogen-bond donors (Lipinski definition) is 0. The zero-order chi connectivity index (χ0) is 73.5. The van der Waals surface area contributed by atoms with Gasteiger partial charge < -0.3 is 18.1 Å². The highest BCUT2D eigenvalue weighted by atomic mass is 35.5. The van der Waals surface area contributed by atoms with Crippen LogP contribution in [0.3, 0.4) is 0 Å². The van der Waals surface area contributed by atoms with Crippen molar-refractivity contribution in [1.29, 1.82) is 0 Å². The molecule has 10 nitrogen and oxygen atoms in total. The Morgan fingerprint density at radius 2 is 0.655 bits per heavy atom. The Bertz CT molecular complexity index is 7530. The Morgan fingerprint density at radius 3 is 1.16 bits per heavy atom. The van der Waals surface area contributed by atoms with Crippen molar-refractivity contribution in [3.63, 3.8) is 0 Å². The minimum atomic E-state index is -0.355. The van der Waals surface area contributed by atoms with Crippen molar-refractivity contribution in [2.45, 2.75) is 38.9 Å².